The number of tetrazole rings is 1. The summed E-state index contributed by atoms with van der Waals surface area (Å²) in [7, 11) is 0. The molecule has 8 heteroatoms. The summed E-state index contributed by atoms with van der Waals surface area (Å²) in [5.41, 5.74) is 2.02. The van der Waals surface area contributed by atoms with Gasteiger partial charge >= 0.3 is 0 Å². The molecule has 0 aliphatic heterocycles. The van der Waals surface area contributed by atoms with Crippen molar-refractivity contribution < 1.29 is 4.79 Å². The van der Waals surface area contributed by atoms with Crippen molar-refractivity contribution in [1.29, 1.82) is 0 Å². The van der Waals surface area contributed by atoms with E-state index in [4.69, 9.17) is 11.6 Å². The normalized spacial score (nSPS) is 10.7. The van der Waals surface area contributed by atoms with Gasteiger partial charge < -0.3 is 4.90 Å². The van der Waals surface area contributed by atoms with Crippen molar-refractivity contribution in [2.45, 2.75) is 20.0 Å². The molecule has 0 saturated heterocycles. The van der Waals surface area contributed by atoms with Crippen molar-refractivity contribution in [3.8, 4) is 11.4 Å². The van der Waals surface area contributed by atoms with Gasteiger partial charge in [-0.15, -0.1) is 28.1 Å². The van der Waals surface area contributed by atoms with Crippen LogP contribution >= 0.6 is 22.9 Å². The number of amides is 1. The van der Waals surface area contributed by atoms with E-state index >= 15 is 0 Å². The lowest BCUT2D eigenvalue weighted by atomic mass is 10.1. The summed E-state index contributed by atoms with van der Waals surface area (Å²) in [5, 5.41) is 12.3. The molecule has 1 amide bonds. The maximum absolute atomic E-state index is 12.6. The molecule has 0 bridgehead atoms. The van der Waals surface area contributed by atoms with E-state index in [1.54, 1.807) is 11.0 Å². The van der Waals surface area contributed by atoms with Crippen molar-refractivity contribution in [1.82, 2.24) is 25.1 Å². The number of benzene rings is 1. The largest absolute Gasteiger partial charge is 0.332 e. The van der Waals surface area contributed by atoms with Crippen LogP contribution in [0.4, 0.5) is 0 Å². The predicted octanol–water partition coefficient (Wildman–Crippen LogP) is 3.58. The molecule has 0 radical (unpaired) electrons. The first-order chi connectivity index (χ1) is 12.5. The van der Waals surface area contributed by atoms with Crippen LogP contribution in [0.25, 0.3) is 11.4 Å². The highest BCUT2D eigenvalue weighted by atomic mass is 35.5. The van der Waals surface area contributed by atoms with Crippen LogP contribution in [0.3, 0.4) is 0 Å². The second-order valence-corrected chi connectivity index (χ2v) is 7.58. The SMILES string of the molecule is C=CCN(Cc1ccc(Cl)s1)C(=O)Cn1nnc(-c2ccc(C)cc2)n1. The number of carbonyl (C=O) groups is 1. The van der Waals surface area contributed by atoms with E-state index in [0.717, 1.165) is 16.0 Å². The summed E-state index contributed by atoms with van der Waals surface area (Å²) in [6, 6.07) is 11.6. The Morgan fingerprint density at radius 1 is 1.31 bits per heavy atom. The van der Waals surface area contributed by atoms with Crippen LogP contribution in [0.2, 0.25) is 4.34 Å². The average molecular weight is 388 g/mol. The second-order valence-electron chi connectivity index (χ2n) is 5.78. The van der Waals surface area contributed by atoms with E-state index in [1.807, 2.05) is 43.3 Å². The molecule has 1 aromatic carbocycles. The van der Waals surface area contributed by atoms with Crippen molar-refractivity contribution in [3.63, 3.8) is 0 Å². The van der Waals surface area contributed by atoms with Gasteiger partial charge in [-0.05, 0) is 24.3 Å². The number of aromatic nitrogens is 4. The van der Waals surface area contributed by atoms with Crippen molar-refractivity contribution in [2.75, 3.05) is 6.54 Å². The van der Waals surface area contributed by atoms with Gasteiger partial charge in [-0.2, -0.15) is 4.80 Å². The van der Waals surface area contributed by atoms with Gasteiger partial charge in [-0.25, -0.2) is 0 Å². The quantitative estimate of drug-likeness (QED) is 0.581. The zero-order chi connectivity index (χ0) is 18.5. The molecular weight excluding hydrogens is 370 g/mol. The fourth-order valence-corrected chi connectivity index (χ4v) is 3.49. The Kier molecular flexibility index (Phi) is 5.80. The van der Waals surface area contributed by atoms with Crippen LogP contribution < -0.4 is 0 Å². The Morgan fingerprint density at radius 2 is 2.08 bits per heavy atom. The van der Waals surface area contributed by atoms with Crippen molar-refractivity contribution in [2.24, 2.45) is 0 Å². The van der Waals surface area contributed by atoms with E-state index < -0.39 is 0 Å². The molecule has 134 valence electrons. The highest BCUT2D eigenvalue weighted by Crippen LogP contribution is 2.23. The lowest BCUT2D eigenvalue weighted by molar-refractivity contribution is -0.132. The standard InChI is InChI=1S/C18H18ClN5OS/c1-3-10-23(11-15-8-9-16(19)26-15)17(25)12-24-21-18(20-22-24)14-6-4-13(2)5-7-14/h3-9H,1,10-12H2,2H3. The van der Waals surface area contributed by atoms with Gasteiger partial charge in [0.1, 0.15) is 6.54 Å². The van der Waals surface area contributed by atoms with Gasteiger partial charge in [0.25, 0.3) is 0 Å². The van der Waals surface area contributed by atoms with E-state index in [0.29, 0.717) is 23.3 Å². The molecule has 2 heterocycles. The minimum absolute atomic E-state index is 0.0197. The Bertz CT molecular complexity index is 902. The van der Waals surface area contributed by atoms with E-state index in [2.05, 4.69) is 22.0 Å². The lowest BCUT2D eigenvalue weighted by Crippen LogP contribution is -2.34. The van der Waals surface area contributed by atoms with Crippen LogP contribution in [-0.2, 0) is 17.9 Å². The minimum Gasteiger partial charge on any atom is -0.332 e. The molecule has 0 spiro atoms. The minimum atomic E-state index is -0.109. The maximum atomic E-state index is 12.6. The van der Waals surface area contributed by atoms with Crippen molar-refractivity contribution >= 4 is 28.8 Å². The van der Waals surface area contributed by atoms with Gasteiger partial charge in [0.15, 0.2) is 0 Å². The molecule has 0 unspecified atom stereocenters. The zero-order valence-electron chi connectivity index (χ0n) is 14.3. The van der Waals surface area contributed by atoms with E-state index in [-0.39, 0.29) is 12.5 Å². The highest BCUT2D eigenvalue weighted by molar-refractivity contribution is 7.16. The van der Waals surface area contributed by atoms with Gasteiger partial charge in [0, 0.05) is 17.0 Å². The molecule has 0 fully saturated rings. The molecule has 0 aliphatic rings. The Hall–Kier alpha value is -2.51. The molecule has 26 heavy (non-hydrogen) atoms. The summed E-state index contributed by atoms with van der Waals surface area (Å²) in [6.45, 7) is 6.67. The predicted molar refractivity (Wildman–Crippen MR) is 103 cm³/mol. The van der Waals surface area contributed by atoms with Crippen LogP contribution in [0.15, 0.2) is 49.1 Å². The van der Waals surface area contributed by atoms with Crippen LogP contribution in [0.1, 0.15) is 10.4 Å². The molecule has 0 saturated carbocycles. The summed E-state index contributed by atoms with van der Waals surface area (Å²) < 4.78 is 0.701. The first-order valence-electron chi connectivity index (χ1n) is 8.03. The average Bonchev–Trinajstić information content (AvgIpc) is 3.24. The third kappa shape index (κ3) is 4.56. The number of carbonyl (C=O) groups excluding carboxylic acids is 1. The summed E-state index contributed by atoms with van der Waals surface area (Å²) in [6.07, 6.45) is 1.69. The number of halogens is 1. The number of thiophene rings is 1. The smallest absolute Gasteiger partial charge is 0.246 e. The summed E-state index contributed by atoms with van der Waals surface area (Å²) >= 11 is 7.42. The number of rotatable bonds is 7. The third-order valence-electron chi connectivity index (χ3n) is 3.72. The second kappa shape index (κ2) is 8.25. The summed E-state index contributed by atoms with van der Waals surface area (Å²) in [4.78, 5) is 16.6. The number of hydrogen-bond donors (Lipinski definition) is 0. The molecule has 3 aromatic rings. The molecule has 2 aromatic heterocycles. The van der Waals surface area contributed by atoms with Gasteiger partial charge in [-0.1, -0.05) is 47.5 Å². The van der Waals surface area contributed by atoms with Crippen LogP contribution in [0, 0.1) is 6.92 Å². The topological polar surface area (TPSA) is 63.9 Å². The Morgan fingerprint density at radius 3 is 2.73 bits per heavy atom. The zero-order valence-corrected chi connectivity index (χ0v) is 15.9. The Balaban J connectivity index is 1.69. The molecule has 6 nitrogen and oxygen atoms in total. The fourth-order valence-electron chi connectivity index (χ4n) is 2.38. The Labute approximate surface area is 160 Å². The van der Waals surface area contributed by atoms with E-state index in [1.165, 1.54) is 16.1 Å². The van der Waals surface area contributed by atoms with Gasteiger partial charge in [0.2, 0.25) is 11.7 Å². The van der Waals surface area contributed by atoms with Crippen LogP contribution in [0.5, 0.6) is 0 Å². The first kappa shape index (κ1) is 18.3. The van der Waals surface area contributed by atoms with Gasteiger partial charge in [0.05, 0.1) is 10.9 Å². The molecule has 0 atom stereocenters. The maximum Gasteiger partial charge on any atom is 0.246 e. The van der Waals surface area contributed by atoms with E-state index in [9.17, 15) is 4.79 Å². The number of nitrogens with zero attached hydrogens (tertiary/aromatic N) is 5. The number of hydrogen-bond acceptors (Lipinski definition) is 5. The molecular formula is C18H18ClN5OS. The third-order valence-corrected chi connectivity index (χ3v) is 4.93. The van der Waals surface area contributed by atoms with Crippen LogP contribution in [-0.4, -0.2) is 37.6 Å². The van der Waals surface area contributed by atoms with Crippen molar-refractivity contribution in [3.05, 3.63) is 63.8 Å². The molecule has 3 rings (SSSR count). The first-order valence-corrected chi connectivity index (χ1v) is 9.22. The summed E-state index contributed by atoms with van der Waals surface area (Å²) in [5.74, 6) is 0.389. The number of aryl methyl sites for hydroxylation is 1. The lowest BCUT2D eigenvalue weighted by Gasteiger charge is -2.19. The monoisotopic (exact) mass is 387 g/mol. The molecule has 0 aliphatic carbocycles. The fraction of sp³-hybridized carbons (Fsp3) is 0.222. The van der Waals surface area contributed by atoms with Gasteiger partial charge in [-0.3, -0.25) is 4.79 Å². The highest BCUT2D eigenvalue weighted by Gasteiger charge is 2.16. The molecule has 0 N–H and O–H groups in total.